The van der Waals surface area contributed by atoms with Crippen molar-refractivity contribution in [2.24, 2.45) is 11.3 Å². The van der Waals surface area contributed by atoms with Crippen molar-refractivity contribution < 1.29 is 4.79 Å². The first-order valence-electron chi connectivity index (χ1n) is 7.40. The van der Waals surface area contributed by atoms with Gasteiger partial charge in [0.1, 0.15) is 0 Å². The van der Waals surface area contributed by atoms with Gasteiger partial charge in [-0.25, -0.2) is 0 Å². The van der Waals surface area contributed by atoms with E-state index in [9.17, 15) is 4.79 Å². The van der Waals surface area contributed by atoms with Gasteiger partial charge in [0.15, 0.2) is 0 Å². The maximum absolute atomic E-state index is 12.2. The highest BCUT2D eigenvalue weighted by molar-refractivity contribution is 5.81. The van der Waals surface area contributed by atoms with Gasteiger partial charge in [0.2, 0.25) is 5.91 Å². The Kier molecular flexibility index (Phi) is 5.64. The summed E-state index contributed by atoms with van der Waals surface area (Å²) in [7, 11) is 0. The number of likely N-dealkylation sites (tertiary alicyclic amines) is 1. The molecule has 1 saturated heterocycles. The second kappa shape index (κ2) is 6.55. The summed E-state index contributed by atoms with van der Waals surface area (Å²) in [5.41, 5.74) is -0.230. The molecule has 1 aliphatic rings. The Morgan fingerprint density at radius 1 is 1.17 bits per heavy atom. The number of nitrogens with zero attached hydrogens (tertiary/aromatic N) is 2. The maximum atomic E-state index is 12.2. The normalized spacial score (nSPS) is 18.4. The van der Waals surface area contributed by atoms with Gasteiger partial charge in [-0.15, -0.1) is 0 Å². The third kappa shape index (κ3) is 4.27. The maximum Gasteiger partial charge on any atom is 0.227 e. The van der Waals surface area contributed by atoms with E-state index in [1.807, 2.05) is 20.8 Å². The van der Waals surface area contributed by atoms with Crippen LogP contribution in [0.25, 0.3) is 0 Å². The van der Waals surface area contributed by atoms with Gasteiger partial charge in [0, 0.05) is 25.0 Å². The monoisotopic (exact) mass is 254 g/mol. The summed E-state index contributed by atoms with van der Waals surface area (Å²) in [6.45, 7) is 15.8. The molecule has 1 heterocycles. The van der Waals surface area contributed by atoms with Crippen LogP contribution in [0.5, 0.6) is 0 Å². The lowest BCUT2D eigenvalue weighted by atomic mass is 9.91. The average molecular weight is 254 g/mol. The summed E-state index contributed by atoms with van der Waals surface area (Å²) in [4.78, 5) is 16.7. The molecular formula is C15H30N2O. The number of rotatable bonds is 4. The standard InChI is InChI=1S/C15H30N2O/c1-6-16(7-2)12-13-8-10-17(11-9-13)14(18)15(3,4)5/h13H,6-12H2,1-5H3. The summed E-state index contributed by atoms with van der Waals surface area (Å²) in [6, 6.07) is 0. The van der Waals surface area contributed by atoms with Crippen LogP contribution >= 0.6 is 0 Å². The predicted molar refractivity (Wildman–Crippen MR) is 76.5 cm³/mol. The molecule has 1 fully saturated rings. The fourth-order valence-corrected chi connectivity index (χ4v) is 2.64. The van der Waals surface area contributed by atoms with Gasteiger partial charge in [0.05, 0.1) is 0 Å². The van der Waals surface area contributed by atoms with Crippen molar-refractivity contribution in [2.45, 2.75) is 47.5 Å². The van der Waals surface area contributed by atoms with Crippen molar-refractivity contribution in [3.63, 3.8) is 0 Å². The van der Waals surface area contributed by atoms with Crippen molar-refractivity contribution in [1.82, 2.24) is 9.80 Å². The van der Waals surface area contributed by atoms with Crippen molar-refractivity contribution in [1.29, 1.82) is 0 Å². The molecule has 3 nitrogen and oxygen atoms in total. The van der Waals surface area contributed by atoms with Crippen molar-refractivity contribution >= 4 is 5.91 Å². The summed E-state index contributed by atoms with van der Waals surface area (Å²) in [5.74, 6) is 1.08. The molecule has 0 radical (unpaired) electrons. The first-order chi connectivity index (χ1) is 8.38. The van der Waals surface area contributed by atoms with Crippen LogP contribution in [-0.2, 0) is 4.79 Å². The topological polar surface area (TPSA) is 23.6 Å². The van der Waals surface area contributed by atoms with E-state index < -0.39 is 0 Å². The van der Waals surface area contributed by atoms with E-state index >= 15 is 0 Å². The Hall–Kier alpha value is -0.570. The molecule has 0 aliphatic carbocycles. The molecule has 1 aliphatic heterocycles. The second-order valence-corrected chi connectivity index (χ2v) is 6.47. The molecule has 0 spiro atoms. The Labute approximate surface area is 113 Å². The van der Waals surface area contributed by atoms with Crippen molar-refractivity contribution in [3.05, 3.63) is 0 Å². The Balaban J connectivity index is 2.39. The van der Waals surface area contributed by atoms with Crippen LogP contribution in [-0.4, -0.2) is 48.4 Å². The molecule has 3 heteroatoms. The largest absolute Gasteiger partial charge is 0.342 e. The molecule has 0 atom stereocenters. The van der Waals surface area contributed by atoms with E-state index in [1.54, 1.807) is 0 Å². The van der Waals surface area contributed by atoms with Gasteiger partial charge >= 0.3 is 0 Å². The van der Waals surface area contributed by atoms with Gasteiger partial charge in [0.25, 0.3) is 0 Å². The number of carbonyl (C=O) groups is 1. The fourth-order valence-electron chi connectivity index (χ4n) is 2.64. The molecule has 106 valence electrons. The zero-order valence-corrected chi connectivity index (χ0v) is 12.8. The number of hydrogen-bond acceptors (Lipinski definition) is 2. The van der Waals surface area contributed by atoms with E-state index in [2.05, 4.69) is 23.6 Å². The first kappa shape index (κ1) is 15.5. The molecule has 1 rings (SSSR count). The number of amides is 1. The van der Waals surface area contributed by atoms with Crippen LogP contribution in [0.3, 0.4) is 0 Å². The van der Waals surface area contributed by atoms with Crippen molar-refractivity contribution in [2.75, 3.05) is 32.7 Å². The molecule has 0 bridgehead atoms. The van der Waals surface area contributed by atoms with Crippen LogP contribution in [0.4, 0.5) is 0 Å². The Bertz CT molecular complexity index is 258. The highest BCUT2D eigenvalue weighted by atomic mass is 16.2. The smallest absolute Gasteiger partial charge is 0.227 e. The van der Waals surface area contributed by atoms with Crippen LogP contribution in [0.15, 0.2) is 0 Å². The second-order valence-electron chi connectivity index (χ2n) is 6.47. The third-order valence-electron chi connectivity index (χ3n) is 3.95. The zero-order valence-electron chi connectivity index (χ0n) is 12.8. The summed E-state index contributed by atoms with van der Waals surface area (Å²) >= 11 is 0. The molecule has 0 N–H and O–H groups in total. The SMILES string of the molecule is CCN(CC)CC1CCN(C(=O)C(C)(C)C)CC1. The van der Waals surface area contributed by atoms with Gasteiger partial charge in [-0.3, -0.25) is 4.79 Å². The van der Waals surface area contributed by atoms with Gasteiger partial charge in [-0.1, -0.05) is 34.6 Å². The van der Waals surface area contributed by atoms with Crippen LogP contribution in [0.1, 0.15) is 47.5 Å². The first-order valence-corrected chi connectivity index (χ1v) is 7.40. The zero-order chi connectivity index (χ0) is 13.8. The lowest BCUT2D eigenvalue weighted by Gasteiger charge is -2.37. The molecule has 0 unspecified atom stereocenters. The Morgan fingerprint density at radius 2 is 1.67 bits per heavy atom. The summed E-state index contributed by atoms with van der Waals surface area (Å²) < 4.78 is 0. The van der Waals surface area contributed by atoms with E-state index in [4.69, 9.17) is 0 Å². The molecule has 0 aromatic heterocycles. The van der Waals surface area contributed by atoms with Crippen molar-refractivity contribution in [3.8, 4) is 0 Å². The number of hydrogen-bond donors (Lipinski definition) is 0. The minimum absolute atomic E-state index is 0.230. The molecule has 1 amide bonds. The Morgan fingerprint density at radius 3 is 2.06 bits per heavy atom. The van der Waals surface area contributed by atoms with Gasteiger partial charge in [-0.05, 0) is 31.8 Å². The fraction of sp³-hybridized carbons (Fsp3) is 0.933. The molecule has 0 aromatic carbocycles. The highest BCUT2D eigenvalue weighted by Gasteiger charge is 2.30. The molecule has 0 saturated carbocycles. The number of carbonyl (C=O) groups excluding carboxylic acids is 1. The minimum atomic E-state index is -0.230. The van der Waals surface area contributed by atoms with Gasteiger partial charge < -0.3 is 9.80 Å². The van der Waals surface area contributed by atoms with E-state index in [0.29, 0.717) is 5.91 Å². The molecule has 0 aromatic rings. The van der Waals surface area contributed by atoms with E-state index in [-0.39, 0.29) is 5.41 Å². The highest BCUT2D eigenvalue weighted by Crippen LogP contribution is 2.24. The van der Waals surface area contributed by atoms with Crippen LogP contribution in [0.2, 0.25) is 0 Å². The lowest BCUT2D eigenvalue weighted by molar-refractivity contribution is -0.141. The minimum Gasteiger partial charge on any atom is -0.342 e. The van der Waals surface area contributed by atoms with Crippen LogP contribution < -0.4 is 0 Å². The lowest BCUT2D eigenvalue weighted by Crippen LogP contribution is -2.45. The quantitative estimate of drug-likeness (QED) is 0.770. The van der Waals surface area contributed by atoms with E-state index in [1.165, 1.54) is 19.4 Å². The molecule has 18 heavy (non-hydrogen) atoms. The summed E-state index contributed by atoms with van der Waals surface area (Å²) in [5, 5.41) is 0. The third-order valence-corrected chi connectivity index (χ3v) is 3.95. The molecular weight excluding hydrogens is 224 g/mol. The average Bonchev–Trinajstić information content (AvgIpc) is 2.34. The predicted octanol–water partition coefficient (Wildman–Crippen LogP) is 2.61. The summed E-state index contributed by atoms with van der Waals surface area (Å²) in [6.07, 6.45) is 2.33. The van der Waals surface area contributed by atoms with E-state index in [0.717, 1.165) is 32.1 Å². The number of piperidine rings is 1. The van der Waals surface area contributed by atoms with Gasteiger partial charge in [-0.2, -0.15) is 0 Å². The van der Waals surface area contributed by atoms with Crippen LogP contribution in [0, 0.1) is 11.3 Å².